The number of hydrogen-bond acceptors (Lipinski definition) is 2. The Hall–Kier alpha value is -2.07. The molecule has 0 aliphatic heterocycles. The van der Waals surface area contributed by atoms with Gasteiger partial charge in [-0.2, -0.15) is 0 Å². The van der Waals surface area contributed by atoms with Crippen LogP contribution in [0.3, 0.4) is 0 Å². The summed E-state index contributed by atoms with van der Waals surface area (Å²) in [5.41, 5.74) is 5.38. The number of nitrogens with zero attached hydrogens (tertiary/aromatic N) is 1. The van der Waals surface area contributed by atoms with Crippen molar-refractivity contribution in [2.45, 2.75) is 59.0 Å². The van der Waals surface area contributed by atoms with Crippen LogP contribution >= 0.6 is 0 Å². The first-order chi connectivity index (χ1) is 11.5. The van der Waals surface area contributed by atoms with Gasteiger partial charge in [-0.25, -0.2) is 4.79 Å². The monoisotopic (exact) mass is 326 g/mol. The molecule has 0 bridgehead atoms. The second kappa shape index (κ2) is 6.81. The molecule has 0 radical (unpaired) electrons. The molecule has 0 atom stereocenters. The third kappa shape index (κ3) is 3.11. The first-order valence-corrected chi connectivity index (χ1v) is 8.73. The van der Waals surface area contributed by atoms with Crippen molar-refractivity contribution in [2.24, 2.45) is 0 Å². The lowest BCUT2D eigenvalue weighted by Gasteiger charge is -2.13. The lowest BCUT2D eigenvalue weighted by Crippen LogP contribution is -2.26. The van der Waals surface area contributed by atoms with Gasteiger partial charge in [0.05, 0.1) is 5.56 Å². The van der Waals surface area contributed by atoms with Gasteiger partial charge >= 0.3 is 5.97 Å². The Balaban J connectivity index is 1.99. The molecule has 24 heavy (non-hydrogen) atoms. The SMILES string of the molecule is Cc1ccc(-n2c(C)c(CNC3CCCC3)c(C(=O)O)c2C)cc1. The fourth-order valence-corrected chi connectivity index (χ4v) is 3.86. The summed E-state index contributed by atoms with van der Waals surface area (Å²) < 4.78 is 2.06. The zero-order valence-electron chi connectivity index (χ0n) is 14.7. The van der Waals surface area contributed by atoms with Gasteiger partial charge in [-0.15, -0.1) is 0 Å². The molecular weight excluding hydrogens is 300 g/mol. The van der Waals surface area contributed by atoms with Crippen molar-refractivity contribution in [3.05, 3.63) is 52.3 Å². The van der Waals surface area contributed by atoms with E-state index in [1.54, 1.807) is 0 Å². The minimum absolute atomic E-state index is 0.443. The highest BCUT2D eigenvalue weighted by atomic mass is 16.4. The molecule has 1 saturated carbocycles. The molecule has 0 spiro atoms. The number of carboxylic acid groups (broad SMARTS) is 1. The molecule has 2 aromatic rings. The molecule has 1 heterocycles. The predicted octanol–water partition coefficient (Wildman–Crippen LogP) is 4.13. The zero-order valence-corrected chi connectivity index (χ0v) is 14.7. The van der Waals surface area contributed by atoms with Gasteiger partial charge in [-0.3, -0.25) is 0 Å². The summed E-state index contributed by atoms with van der Waals surface area (Å²) in [6.07, 6.45) is 4.93. The van der Waals surface area contributed by atoms with Gasteiger partial charge in [0, 0.05) is 35.2 Å². The maximum absolute atomic E-state index is 11.8. The third-order valence-electron chi connectivity index (χ3n) is 5.20. The fraction of sp³-hybridized carbons (Fsp3) is 0.450. The van der Waals surface area contributed by atoms with E-state index >= 15 is 0 Å². The van der Waals surface area contributed by atoms with Gasteiger partial charge in [-0.05, 0) is 45.7 Å². The number of nitrogens with one attached hydrogen (secondary N) is 1. The lowest BCUT2D eigenvalue weighted by molar-refractivity contribution is 0.0694. The highest BCUT2D eigenvalue weighted by molar-refractivity contribution is 5.91. The molecule has 0 saturated heterocycles. The second-order valence-electron chi connectivity index (χ2n) is 6.86. The van der Waals surface area contributed by atoms with Gasteiger partial charge < -0.3 is 15.0 Å². The Bertz CT molecular complexity index is 738. The first-order valence-electron chi connectivity index (χ1n) is 8.73. The number of hydrogen-bond donors (Lipinski definition) is 2. The quantitative estimate of drug-likeness (QED) is 0.868. The summed E-state index contributed by atoms with van der Waals surface area (Å²) in [5.74, 6) is -0.843. The summed E-state index contributed by atoms with van der Waals surface area (Å²) >= 11 is 0. The van der Waals surface area contributed by atoms with Crippen LogP contribution in [0, 0.1) is 20.8 Å². The standard InChI is InChI=1S/C20H26N2O2/c1-13-8-10-17(11-9-13)22-14(2)18(19(15(22)3)20(23)24)12-21-16-6-4-5-7-16/h8-11,16,21H,4-7,12H2,1-3H3,(H,23,24). The van der Waals surface area contributed by atoms with Crippen LogP contribution in [0.5, 0.6) is 0 Å². The molecule has 1 aliphatic carbocycles. The maximum Gasteiger partial charge on any atom is 0.337 e. The van der Waals surface area contributed by atoms with Gasteiger partial charge in [0.2, 0.25) is 0 Å². The zero-order chi connectivity index (χ0) is 17.3. The molecule has 4 nitrogen and oxygen atoms in total. The average Bonchev–Trinajstić information content (AvgIpc) is 3.13. The van der Waals surface area contributed by atoms with E-state index in [2.05, 4.69) is 41.1 Å². The highest BCUT2D eigenvalue weighted by Crippen LogP contribution is 2.27. The summed E-state index contributed by atoms with van der Waals surface area (Å²) in [7, 11) is 0. The van der Waals surface area contributed by atoms with Gasteiger partial charge in [0.25, 0.3) is 0 Å². The van der Waals surface area contributed by atoms with Gasteiger partial charge in [0.1, 0.15) is 0 Å². The molecule has 1 aliphatic rings. The van der Waals surface area contributed by atoms with Crippen molar-refractivity contribution in [3.63, 3.8) is 0 Å². The minimum Gasteiger partial charge on any atom is -0.478 e. The summed E-state index contributed by atoms with van der Waals surface area (Å²) in [4.78, 5) is 11.8. The van der Waals surface area contributed by atoms with Crippen LogP contribution in [-0.4, -0.2) is 21.7 Å². The van der Waals surface area contributed by atoms with Crippen LogP contribution in [0.1, 0.15) is 58.6 Å². The molecule has 0 amide bonds. The normalized spacial score (nSPS) is 15.1. The van der Waals surface area contributed by atoms with E-state index in [9.17, 15) is 9.90 Å². The Morgan fingerprint density at radius 3 is 2.33 bits per heavy atom. The number of aromatic carboxylic acids is 1. The third-order valence-corrected chi connectivity index (χ3v) is 5.20. The number of carbonyl (C=O) groups is 1. The first kappa shape index (κ1) is 16.8. The van der Waals surface area contributed by atoms with Crippen LogP contribution < -0.4 is 5.32 Å². The second-order valence-corrected chi connectivity index (χ2v) is 6.86. The Morgan fingerprint density at radius 2 is 1.75 bits per heavy atom. The van der Waals surface area contributed by atoms with Crippen LogP contribution in [-0.2, 0) is 6.54 Å². The average molecular weight is 326 g/mol. The number of rotatable bonds is 5. The lowest BCUT2D eigenvalue weighted by atomic mass is 10.1. The van der Waals surface area contributed by atoms with Crippen LogP contribution in [0.2, 0.25) is 0 Å². The number of benzene rings is 1. The van der Waals surface area contributed by atoms with Crippen molar-refractivity contribution in [3.8, 4) is 5.69 Å². The van der Waals surface area contributed by atoms with Crippen molar-refractivity contribution in [1.29, 1.82) is 0 Å². The fourth-order valence-electron chi connectivity index (χ4n) is 3.86. The maximum atomic E-state index is 11.8. The molecule has 1 aromatic carbocycles. The van der Waals surface area contributed by atoms with E-state index in [4.69, 9.17) is 0 Å². The van der Waals surface area contributed by atoms with Gasteiger partial charge in [-0.1, -0.05) is 30.5 Å². The molecule has 3 rings (SSSR count). The van der Waals surface area contributed by atoms with Crippen LogP contribution in [0.4, 0.5) is 0 Å². The van der Waals surface area contributed by atoms with Crippen molar-refractivity contribution >= 4 is 5.97 Å². The molecule has 128 valence electrons. The molecule has 2 N–H and O–H groups in total. The van der Waals surface area contributed by atoms with E-state index in [1.165, 1.54) is 31.2 Å². The number of aromatic nitrogens is 1. The number of carboxylic acids is 1. The summed E-state index contributed by atoms with van der Waals surface area (Å²) in [6, 6.07) is 8.75. The smallest absolute Gasteiger partial charge is 0.337 e. The number of aryl methyl sites for hydroxylation is 1. The van der Waals surface area contributed by atoms with E-state index < -0.39 is 5.97 Å². The summed E-state index contributed by atoms with van der Waals surface area (Å²) in [6.45, 7) is 6.59. The highest BCUT2D eigenvalue weighted by Gasteiger charge is 2.24. The van der Waals surface area contributed by atoms with Gasteiger partial charge in [0.15, 0.2) is 0 Å². The molecular formula is C20H26N2O2. The van der Waals surface area contributed by atoms with Crippen molar-refractivity contribution in [1.82, 2.24) is 9.88 Å². The van der Waals surface area contributed by atoms with Crippen molar-refractivity contribution in [2.75, 3.05) is 0 Å². The van der Waals surface area contributed by atoms with E-state index in [1.807, 2.05) is 13.8 Å². The van der Waals surface area contributed by atoms with Crippen LogP contribution in [0.25, 0.3) is 5.69 Å². The Labute approximate surface area is 143 Å². The largest absolute Gasteiger partial charge is 0.478 e. The topological polar surface area (TPSA) is 54.3 Å². The molecule has 1 aromatic heterocycles. The molecule has 1 fully saturated rings. The molecule has 0 unspecified atom stereocenters. The predicted molar refractivity (Wildman–Crippen MR) is 96.0 cm³/mol. The Kier molecular flexibility index (Phi) is 4.76. The van der Waals surface area contributed by atoms with Crippen LogP contribution in [0.15, 0.2) is 24.3 Å². The van der Waals surface area contributed by atoms with Crippen molar-refractivity contribution < 1.29 is 9.90 Å². The summed E-state index contributed by atoms with van der Waals surface area (Å²) in [5, 5.41) is 13.3. The van der Waals surface area contributed by atoms with E-state index in [-0.39, 0.29) is 0 Å². The Morgan fingerprint density at radius 1 is 1.12 bits per heavy atom. The van der Waals surface area contributed by atoms with E-state index in [0.29, 0.717) is 18.2 Å². The van der Waals surface area contributed by atoms with E-state index in [0.717, 1.165) is 22.6 Å². The minimum atomic E-state index is -0.843. The molecule has 4 heteroatoms.